The Morgan fingerprint density at radius 1 is 1.29 bits per heavy atom. The molecule has 0 saturated heterocycles. The standard InChI is InChI=1S/C15H14ClFN2O2/c1-2-15(10-3-5-11(16)6-4-10)18-13-7-12(17)8-14(9-13)19(20)21/h3-9,15,18H,2H2,1H3. The lowest BCUT2D eigenvalue weighted by Crippen LogP contribution is -2.10. The SMILES string of the molecule is CCC(Nc1cc(F)cc([N+](=O)[O-])c1)c1ccc(Cl)cc1. The van der Waals surface area contributed by atoms with Crippen LogP contribution < -0.4 is 5.32 Å². The minimum absolute atomic E-state index is 0.0799. The first kappa shape index (κ1) is 15.3. The predicted molar refractivity (Wildman–Crippen MR) is 81.2 cm³/mol. The number of nitrogens with one attached hydrogen (secondary N) is 1. The fraction of sp³-hybridized carbons (Fsp3) is 0.200. The van der Waals surface area contributed by atoms with Gasteiger partial charge in [-0.2, -0.15) is 0 Å². The van der Waals surface area contributed by atoms with Crippen LogP contribution in [0.15, 0.2) is 42.5 Å². The van der Waals surface area contributed by atoms with Gasteiger partial charge >= 0.3 is 0 Å². The Bertz CT molecular complexity index is 647. The van der Waals surface area contributed by atoms with E-state index in [0.717, 1.165) is 18.1 Å². The maximum Gasteiger partial charge on any atom is 0.274 e. The molecule has 0 aliphatic carbocycles. The van der Waals surface area contributed by atoms with E-state index in [-0.39, 0.29) is 11.7 Å². The highest BCUT2D eigenvalue weighted by molar-refractivity contribution is 6.30. The minimum Gasteiger partial charge on any atom is -0.378 e. The van der Waals surface area contributed by atoms with Crippen LogP contribution >= 0.6 is 11.6 Å². The molecule has 110 valence electrons. The average Bonchev–Trinajstić information content (AvgIpc) is 2.45. The number of anilines is 1. The van der Waals surface area contributed by atoms with E-state index in [2.05, 4.69) is 5.32 Å². The highest BCUT2D eigenvalue weighted by Gasteiger charge is 2.13. The van der Waals surface area contributed by atoms with Gasteiger partial charge < -0.3 is 5.32 Å². The molecule has 1 atom stereocenters. The molecule has 0 fully saturated rings. The number of non-ortho nitro benzene ring substituents is 1. The van der Waals surface area contributed by atoms with Gasteiger partial charge in [-0.1, -0.05) is 30.7 Å². The van der Waals surface area contributed by atoms with Gasteiger partial charge in [-0.05, 0) is 30.2 Å². The quantitative estimate of drug-likeness (QED) is 0.628. The van der Waals surface area contributed by atoms with Gasteiger partial charge in [0, 0.05) is 16.8 Å². The zero-order valence-electron chi connectivity index (χ0n) is 11.3. The second kappa shape index (κ2) is 6.54. The molecule has 6 heteroatoms. The Balaban J connectivity index is 2.26. The number of hydrogen-bond acceptors (Lipinski definition) is 3. The number of nitro benzene ring substituents is 1. The van der Waals surface area contributed by atoms with Crippen molar-refractivity contribution in [2.45, 2.75) is 19.4 Å². The molecule has 0 aliphatic rings. The van der Waals surface area contributed by atoms with E-state index in [1.54, 1.807) is 12.1 Å². The van der Waals surface area contributed by atoms with Crippen LogP contribution in [0, 0.1) is 15.9 Å². The van der Waals surface area contributed by atoms with Crippen molar-refractivity contribution in [2.75, 3.05) is 5.32 Å². The summed E-state index contributed by atoms with van der Waals surface area (Å²) >= 11 is 5.85. The molecule has 4 nitrogen and oxygen atoms in total. The number of rotatable bonds is 5. The summed E-state index contributed by atoms with van der Waals surface area (Å²) in [6.07, 6.45) is 0.742. The zero-order chi connectivity index (χ0) is 15.4. The number of hydrogen-bond donors (Lipinski definition) is 1. The Morgan fingerprint density at radius 3 is 2.52 bits per heavy atom. The second-order valence-electron chi connectivity index (χ2n) is 4.61. The van der Waals surface area contributed by atoms with E-state index in [1.165, 1.54) is 12.1 Å². The van der Waals surface area contributed by atoms with E-state index in [1.807, 2.05) is 19.1 Å². The third-order valence-corrected chi connectivity index (χ3v) is 3.37. The summed E-state index contributed by atoms with van der Waals surface area (Å²) in [5.41, 5.74) is 1.08. The van der Waals surface area contributed by atoms with E-state index in [4.69, 9.17) is 11.6 Å². The molecule has 0 amide bonds. The van der Waals surface area contributed by atoms with Crippen molar-refractivity contribution in [1.82, 2.24) is 0 Å². The summed E-state index contributed by atoms with van der Waals surface area (Å²) in [7, 11) is 0. The van der Waals surface area contributed by atoms with Gasteiger partial charge in [0.15, 0.2) is 0 Å². The van der Waals surface area contributed by atoms with Crippen LogP contribution in [0.5, 0.6) is 0 Å². The maximum absolute atomic E-state index is 13.4. The first-order chi connectivity index (χ1) is 9.99. The predicted octanol–water partition coefficient (Wildman–Crippen LogP) is 4.95. The molecule has 0 aromatic heterocycles. The topological polar surface area (TPSA) is 55.2 Å². The van der Waals surface area contributed by atoms with Crippen LogP contribution in [0.4, 0.5) is 15.8 Å². The van der Waals surface area contributed by atoms with Gasteiger partial charge in [0.1, 0.15) is 5.82 Å². The minimum atomic E-state index is -0.641. The average molecular weight is 309 g/mol. The summed E-state index contributed by atoms with van der Waals surface area (Å²) in [6.45, 7) is 1.97. The van der Waals surface area contributed by atoms with Gasteiger partial charge in [0.2, 0.25) is 0 Å². The normalized spacial score (nSPS) is 12.0. The van der Waals surface area contributed by atoms with Crippen LogP contribution in [0.2, 0.25) is 5.02 Å². The Labute approximate surface area is 126 Å². The number of halogens is 2. The molecule has 0 radical (unpaired) electrons. The van der Waals surface area contributed by atoms with E-state index >= 15 is 0 Å². The van der Waals surface area contributed by atoms with Crippen molar-refractivity contribution in [2.24, 2.45) is 0 Å². The first-order valence-electron chi connectivity index (χ1n) is 6.46. The van der Waals surface area contributed by atoms with Crippen LogP contribution in [0.1, 0.15) is 24.9 Å². The van der Waals surface area contributed by atoms with Crippen LogP contribution in [-0.4, -0.2) is 4.92 Å². The molecule has 2 rings (SSSR count). The molecule has 21 heavy (non-hydrogen) atoms. The van der Waals surface area contributed by atoms with E-state index < -0.39 is 10.7 Å². The summed E-state index contributed by atoms with van der Waals surface area (Å²) in [4.78, 5) is 10.2. The highest BCUT2D eigenvalue weighted by atomic mass is 35.5. The van der Waals surface area contributed by atoms with Gasteiger partial charge in [-0.25, -0.2) is 4.39 Å². The third kappa shape index (κ3) is 3.92. The van der Waals surface area contributed by atoms with Gasteiger partial charge in [-0.3, -0.25) is 10.1 Å². The molecule has 0 heterocycles. The van der Waals surface area contributed by atoms with Crippen molar-refractivity contribution >= 4 is 23.0 Å². The zero-order valence-corrected chi connectivity index (χ0v) is 12.1. The Hall–Kier alpha value is -2.14. The van der Waals surface area contributed by atoms with Crippen molar-refractivity contribution in [3.8, 4) is 0 Å². The van der Waals surface area contributed by atoms with Gasteiger partial charge in [0.25, 0.3) is 5.69 Å². The molecule has 1 unspecified atom stereocenters. The molecular weight excluding hydrogens is 295 g/mol. The molecule has 0 aliphatic heterocycles. The molecular formula is C15H14ClFN2O2. The maximum atomic E-state index is 13.4. The lowest BCUT2D eigenvalue weighted by Gasteiger charge is -2.19. The molecule has 2 aromatic rings. The number of nitro groups is 1. The summed E-state index contributed by atoms with van der Waals surface area (Å²) in [5, 5.41) is 14.5. The molecule has 0 spiro atoms. The number of nitrogens with zero attached hydrogens (tertiary/aromatic N) is 1. The molecule has 0 saturated carbocycles. The highest BCUT2D eigenvalue weighted by Crippen LogP contribution is 2.27. The van der Waals surface area contributed by atoms with Crippen molar-refractivity contribution in [3.63, 3.8) is 0 Å². The van der Waals surface area contributed by atoms with Crippen molar-refractivity contribution in [3.05, 3.63) is 69.0 Å². The largest absolute Gasteiger partial charge is 0.378 e. The Kier molecular flexibility index (Phi) is 4.75. The molecule has 2 aromatic carbocycles. The molecule has 0 bridgehead atoms. The van der Waals surface area contributed by atoms with Crippen LogP contribution in [0.3, 0.4) is 0 Å². The fourth-order valence-corrected chi connectivity index (χ4v) is 2.21. The summed E-state index contributed by atoms with van der Waals surface area (Å²) < 4.78 is 13.4. The lowest BCUT2D eigenvalue weighted by molar-refractivity contribution is -0.385. The summed E-state index contributed by atoms with van der Waals surface area (Å²) in [6, 6.07) is 10.7. The van der Waals surface area contributed by atoms with Gasteiger partial charge in [-0.15, -0.1) is 0 Å². The van der Waals surface area contributed by atoms with E-state index in [9.17, 15) is 14.5 Å². The van der Waals surface area contributed by atoms with Crippen LogP contribution in [0.25, 0.3) is 0 Å². The first-order valence-corrected chi connectivity index (χ1v) is 6.84. The monoisotopic (exact) mass is 308 g/mol. The van der Waals surface area contributed by atoms with Gasteiger partial charge in [0.05, 0.1) is 17.0 Å². The third-order valence-electron chi connectivity index (χ3n) is 3.11. The lowest BCUT2D eigenvalue weighted by atomic mass is 10.0. The Morgan fingerprint density at radius 2 is 1.95 bits per heavy atom. The summed E-state index contributed by atoms with van der Waals surface area (Å²) in [5.74, 6) is -0.641. The second-order valence-corrected chi connectivity index (χ2v) is 5.05. The van der Waals surface area contributed by atoms with Crippen molar-refractivity contribution < 1.29 is 9.31 Å². The van der Waals surface area contributed by atoms with E-state index in [0.29, 0.717) is 10.7 Å². The molecule has 1 N–H and O–H groups in total. The smallest absolute Gasteiger partial charge is 0.274 e. The number of benzene rings is 2. The fourth-order valence-electron chi connectivity index (χ4n) is 2.08. The van der Waals surface area contributed by atoms with Crippen molar-refractivity contribution in [1.29, 1.82) is 0 Å². The van der Waals surface area contributed by atoms with Crippen LogP contribution in [-0.2, 0) is 0 Å².